The fraction of sp³-hybridized carbons (Fsp3) is 0.533. The molecule has 3 rings (SSSR count). The molecular formula is C15H19NO4. The van der Waals surface area contributed by atoms with Crippen molar-refractivity contribution in [2.24, 2.45) is 0 Å². The summed E-state index contributed by atoms with van der Waals surface area (Å²) in [7, 11) is 0. The van der Waals surface area contributed by atoms with Gasteiger partial charge in [0.05, 0.1) is 12.5 Å². The van der Waals surface area contributed by atoms with Crippen LogP contribution >= 0.6 is 0 Å². The Hall–Kier alpha value is -1.75. The minimum atomic E-state index is 0.0113. The monoisotopic (exact) mass is 277 g/mol. The molecule has 0 unspecified atom stereocenters. The molecule has 0 saturated carbocycles. The molecule has 1 aromatic carbocycles. The third-order valence-corrected chi connectivity index (χ3v) is 3.52. The molecule has 0 aliphatic carbocycles. The van der Waals surface area contributed by atoms with Gasteiger partial charge in [-0.1, -0.05) is 6.07 Å². The van der Waals surface area contributed by atoms with Gasteiger partial charge in [-0.3, -0.25) is 4.79 Å². The lowest BCUT2D eigenvalue weighted by molar-refractivity contribution is -0.120. The van der Waals surface area contributed by atoms with Crippen LogP contribution in [0.15, 0.2) is 18.2 Å². The number of carbonyl (C=O) groups is 1. The predicted molar refractivity (Wildman–Crippen MR) is 73.1 cm³/mol. The maximum absolute atomic E-state index is 11.9. The Morgan fingerprint density at radius 1 is 1.20 bits per heavy atom. The first kappa shape index (κ1) is 13.2. The van der Waals surface area contributed by atoms with E-state index in [4.69, 9.17) is 14.2 Å². The minimum Gasteiger partial charge on any atom is -0.486 e. The van der Waals surface area contributed by atoms with Gasteiger partial charge in [0, 0.05) is 13.2 Å². The summed E-state index contributed by atoms with van der Waals surface area (Å²) in [6, 6.07) is 5.64. The minimum absolute atomic E-state index is 0.0113. The van der Waals surface area contributed by atoms with Gasteiger partial charge < -0.3 is 19.5 Å². The van der Waals surface area contributed by atoms with Gasteiger partial charge in [-0.05, 0) is 30.5 Å². The summed E-state index contributed by atoms with van der Waals surface area (Å²) in [5.41, 5.74) is 0.930. The van der Waals surface area contributed by atoms with E-state index in [1.807, 2.05) is 18.2 Å². The van der Waals surface area contributed by atoms with Gasteiger partial charge in [0.2, 0.25) is 5.91 Å². The maximum Gasteiger partial charge on any atom is 0.224 e. The Balaban J connectivity index is 1.52. The van der Waals surface area contributed by atoms with Crippen molar-refractivity contribution < 1.29 is 19.0 Å². The molecule has 0 bridgehead atoms. The topological polar surface area (TPSA) is 56.8 Å². The van der Waals surface area contributed by atoms with Gasteiger partial charge in [-0.15, -0.1) is 0 Å². The van der Waals surface area contributed by atoms with Crippen molar-refractivity contribution in [3.8, 4) is 11.5 Å². The molecule has 0 spiro atoms. The van der Waals surface area contributed by atoms with Crippen molar-refractivity contribution in [3.05, 3.63) is 23.8 Å². The van der Waals surface area contributed by atoms with Crippen LogP contribution in [-0.4, -0.2) is 38.4 Å². The van der Waals surface area contributed by atoms with Crippen LogP contribution in [0, 0.1) is 0 Å². The van der Waals surface area contributed by atoms with E-state index in [2.05, 4.69) is 5.32 Å². The highest BCUT2D eigenvalue weighted by Crippen LogP contribution is 2.30. The predicted octanol–water partition coefficient (Wildman–Crippen LogP) is 1.30. The zero-order valence-electron chi connectivity index (χ0n) is 11.4. The Morgan fingerprint density at radius 2 is 2.05 bits per heavy atom. The average Bonchev–Trinajstić information content (AvgIpc) is 2.98. The summed E-state index contributed by atoms with van der Waals surface area (Å²) in [5.74, 6) is 1.48. The van der Waals surface area contributed by atoms with Crippen molar-refractivity contribution in [2.75, 3.05) is 26.4 Å². The molecule has 1 N–H and O–H groups in total. The van der Waals surface area contributed by atoms with Crippen LogP contribution in [0.2, 0.25) is 0 Å². The number of carbonyl (C=O) groups excluding carboxylic acids is 1. The number of ether oxygens (including phenoxy) is 3. The van der Waals surface area contributed by atoms with E-state index >= 15 is 0 Å². The quantitative estimate of drug-likeness (QED) is 0.901. The number of nitrogens with one attached hydrogen (secondary N) is 1. The number of rotatable bonds is 4. The Labute approximate surface area is 118 Å². The summed E-state index contributed by atoms with van der Waals surface area (Å²) >= 11 is 0. The average molecular weight is 277 g/mol. The molecule has 2 aliphatic heterocycles. The molecule has 1 atom stereocenters. The molecule has 0 aromatic heterocycles. The highest BCUT2D eigenvalue weighted by atomic mass is 16.6. The van der Waals surface area contributed by atoms with Crippen molar-refractivity contribution in [1.82, 2.24) is 5.32 Å². The zero-order valence-corrected chi connectivity index (χ0v) is 11.4. The molecule has 2 heterocycles. The van der Waals surface area contributed by atoms with Crippen LogP contribution in [-0.2, 0) is 16.0 Å². The second-order valence-corrected chi connectivity index (χ2v) is 5.09. The standard InChI is InChI=1S/C15H19NO4/c17-15(16-10-12-2-1-5-18-12)9-11-3-4-13-14(8-11)20-7-6-19-13/h3-4,8,12H,1-2,5-7,9-10H2,(H,16,17)/t12-/m0/s1. The summed E-state index contributed by atoms with van der Waals surface area (Å²) in [4.78, 5) is 11.9. The Morgan fingerprint density at radius 3 is 2.85 bits per heavy atom. The largest absolute Gasteiger partial charge is 0.486 e. The second kappa shape index (κ2) is 6.13. The molecule has 1 fully saturated rings. The molecule has 5 heteroatoms. The molecule has 1 amide bonds. The van der Waals surface area contributed by atoms with Crippen molar-refractivity contribution in [3.63, 3.8) is 0 Å². The summed E-state index contributed by atoms with van der Waals surface area (Å²) < 4.78 is 16.4. The SMILES string of the molecule is O=C(Cc1ccc2c(c1)OCCO2)NC[C@@H]1CCCO1. The van der Waals surface area contributed by atoms with Crippen molar-refractivity contribution in [2.45, 2.75) is 25.4 Å². The van der Waals surface area contributed by atoms with E-state index in [-0.39, 0.29) is 12.0 Å². The van der Waals surface area contributed by atoms with Crippen LogP contribution in [0.25, 0.3) is 0 Å². The van der Waals surface area contributed by atoms with E-state index in [1.165, 1.54) is 0 Å². The lowest BCUT2D eigenvalue weighted by atomic mass is 10.1. The lowest BCUT2D eigenvalue weighted by Gasteiger charge is -2.18. The van der Waals surface area contributed by atoms with E-state index in [0.29, 0.717) is 26.2 Å². The Kier molecular flexibility index (Phi) is 4.06. The molecular weight excluding hydrogens is 258 g/mol. The maximum atomic E-state index is 11.9. The molecule has 0 radical (unpaired) electrons. The zero-order chi connectivity index (χ0) is 13.8. The Bertz CT molecular complexity index is 483. The third-order valence-electron chi connectivity index (χ3n) is 3.52. The second-order valence-electron chi connectivity index (χ2n) is 5.09. The first-order valence-corrected chi connectivity index (χ1v) is 7.08. The van der Waals surface area contributed by atoms with Crippen molar-refractivity contribution >= 4 is 5.91 Å². The van der Waals surface area contributed by atoms with Crippen LogP contribution in [0.4, 0.5) is 0 Å². The third kappa shape index (κ3) is 3.22. The van der Waals surface area contributed by atoms with Crippen LogP contribution in [0.3, 0.4) is 0 Å². The highest BCUT2D eigenvalue weighted by molar-refractivity contribution is 5.78. The normalized spacial score (nSPS) is 20.7. The first-order valence-electron chi connectivity index (χ1n) is 7.08. The fourth-order valence-corrected chi connectivity index (χ4v) is 2.48. The van der Waals surface area contributed by atoms with Crippen molar-refractivity contribution in [1.29, 1.82) is 0 Å². The molecule has 1 aromatic rings. The summed E-state index contributed by atoms with van der Waals surface area (Å²) in [5, 5.41) is 2.92. The van der Waals surface area contributed by atoms with Gasteiger partial charge >= 0.3 is 0 Å². The fourth-order valence-electron chi connectivity index (χ4n) is 2.48. The molecule has 5 nitrogen and oxygen atoms in total. The summed E-state index contributed by atoms with van der Waals surface area (Å²) in [6.45, 7) is 2.54. The van der Waals surface area contributed by atoms with Crippen LogP contribution in [0.5, 0.6) is 11.5 Å². The smallest absolute Gasteiger partial charge is 0.224 e. The van der Waals surface area contributed by atoms with E-state index < -0.39 is 0 Å². The number of fused-ring (bicyclic) bond motifs is 1. The van der Waals surface area contributed by atoms with Crippen LogP contribution in [0.1, 0.15) is 18.4 Å². The van der Waals surface area contributed by atoms with E-state index in [9.17, 15) is 4.79 Å². The van der Waals surface area contributed by atoms with Gasteiger partial charge in [-0.2, -0.15) is 0 Å². The summed E-state index contributed by atoms with van der Waals surface area (Å²) in [6.07, 6.45) is 2.65. The molecule has 1 saturated heterocycles. The molecule has 108 valence electrons. The van der Waals surface area contributed by atoms with Gasteiger partial charge in [-0.25, -0.2) is 0 Å². The number of amides is 1. The molecule has 2 aliphatic rings. The number of hydrogen-bond acceptors (Lipinski definition) is 4. The number of hydrogen-bond donors (Lipinski definition) is 1. The van der Waals surface area contributed by atoms with Gasteiger partial charge in [0.1, 0.15) is 13.2 Å². The van der Waals surface area contributed by atoms with Crippen LogP contribution < -0.4 is 14.8 Å². The number of benzene rings is 1. The molecule has 20 heavy (non-hydrogen) atoms. The highest BCUT2D eigenvalue weighted by Gasteiger charge is 2.17. The van der Waals surface area contributed by atoms with Gasteiger partial charge in [0.25, 0.3) is 0 Å². The van der Waals surface area contributed by atoms with E-state index in [1.54, 1.807) is 0 Å². The van der Waals surface area contributed by atoms with E-state index in [0.717, 1.165) is 36.5 Å². The van der Waals surface area contributed by atoms with Gasteiger partial charge in [0.15, 0.2) is 11.5 Å². The lowest BCUT2D eigenvalue weighted by Crippen LogP contribution is -2.32. The first-order chi connectivity index (χ1) is 9.81.